The molecule has 0 aliphatic carbocycles. The molecule has 1 unspecified atom stereocenters. The minimum absolute atomic E-state index is 0.333. The van der Waals surface area contributed by atoms with E-state index in [0.717, 1.165) is 35.2 Å². The number of nitrogens with one attached hydrogen (secondary N) is 1. The normalized spacial score (nSPS) is 14.4. The molecule has 3 nitrogen and oxygen atoms in total. The zero-order valence-electron chi connectivity index (χ0n) is 11.9. The van der Waals surface area contributed by atoms with Gasteiger partial charge in [-0.1, -0.05) is 17.7 Å². The van der Waals surface area contributed by atoms with Crippen LogP contribution in [0.15, 0.2) is 30.3 Å². The van der Waals surface area contributed by atoms with Gasteiger partial charge in [0.15, 0.2) is 11.5 Å². The number of hydrogen-bond acceptors (Lipinski definition) is 4. The lowest BCUT2D eigenvalue weighted by Gasteiger charge is -2.13. The Morgan fingerprint density at radius 3 is 2.90 bits per heavy atom. The van der Waals surface area contributed by atoms with Gasteiger partial charge in [0.2, 0.25) is 6.79 Å². The number of benzene rings is 1. The SMILES string of the molecule is CC(CCc1ccc2c(c1)OCO2)NCc1ccc(Cl)s1. The number of rotatable bonds is 6. The highest BCUT2D eigenvalue weighted by atomic mass is 35.5. The van der Waals surface area contributed by atoms with Gasteiger partial charge >= 0.3 is 0 Å². The Morgan fingerprint density at radius 2 is 2.10 bits per heavy atom. The Labute approximate surface area is 133 Å². The van der Waals surface area contributed by atoms with Crippen molar-refractivity contribution in [2.45, 2.75) is 32.4 Å². The van der Waals surface area contributed by atoms with Crippen LogP contribution in [-0.2, 0) is 13.0 Å². The van der Waals surface area contributed by atoms with E-state index >= 15 is 0 Å². The fourth-order valence-electron chi connectivity index (χ4n) is 2.30. The molecular formula is C16H18ClNO2S. The van der Waals surface area contributed by atoms with Crippen LogP contribution in [0.1, 0.15) is 23.8 Å². The molecule has 0 saturated heterocycles. The zero-order valence-corrected chi connectivity index (χ0v) is 13.5. The van der Waals surface area contributed by atoms with E-state index in [1.165, 1.54) is 10.4 Å². The van der Waals surface area contributed by atoms with Crippen molar-refractivity contribution in [3.05, 3.63) is 45.1 Å². The molecule has 1 atom stereocenters. The molecule has 21 heavy (non-hydrogen) atoms. The van der Waals surface area contributed by atoms with Crippen LogP contribution >= 0.6 is 22.9 Å². The molecule has 0 bridgehead atoms. The molecule has 0 amide bonds. The smallest absolute Gasteiger partial charge is 0.231 e. The maximum Gasteiger partial charge on any atom is 0.231 e. The molecule has 1 N–H and O–H groups in total. The van der Waals surface area contributed by atoms with Crippen LogP contribution in [0, 0.1) is 0 Å². The largest absolute Gasteiger partial charge is 0.454 e. The molecule has 112 valence electrons. The van der Waals surface area contributed by atoms with Crippen molar-refractivity contribution < 1.29 is 9.47 Å². The Morgan fingerprint density at radius 1 is 1.24 bits per heavy atom. The highest BCUT2D eigenvalue weighted by Crippen LogP contribution is 2.32. The summed E-state index contributed by atoms with van der Waals surface area (Å²) in [6.07, 6.45) is 2.11. The third-order valence-electron chi connectivity index (χ3n) is 3.56. The van der Waals surface area contributed by atoms with Crippen molar-refractivity contribution in [2.24, 2.45) is 0 Å². The van der Waals surface area contributed by atoms with Crippen molar-refractivity contribution in [3.8, 4) is 11.5 Å². The molecule has 0 fully saturated rings. The molecule has 1 aromatic heterocycles. The van der Waals surface area contributed by atoms with Crippen LogP contribution in [0.2, 0.25) is 4.34 Å². The first kappa shape index (κ1) is 14.7. The molecule has 0 saturated carbocycles. The summed E-state index contributed by atoms with van der Waals surface area (Å²) >= 11 is 7.56. The predicted molar refractivity (Wildman–Crippen MR) is 86.5 cm³/mol. The highest BCUT2D eigenvalue weighted by molar-refractivity contribution is 7.16. The maximum absolute atomic E-state index is 5.93. The fourth-order valence-corrected chi connectivity index (χ4v) is 3.34. The van der Waals surface area contributed by atoms with Gasteiger partial charge in [0, 0.05) is 17.5 Å². The van der Waals surface area contributed by atoms with Gasteiger partial charge in [-0.3, -0.25) is 0 Å². The van der Waals surface area contributed by atoms with Crippen LogP contribution in [0.3, 0.4) is 0 Å². The second kappa shape index (κ2) is 6.69. The molecule has 1 aliphatic heterocycles. The molecule has 2 heterocycles. The number of fused-ring (bicyclic) bond motifs is 1. The van der Waals surface area contributed by atoms with E-state index in [-0.39, 0.29) is 0 Å². The fraction of sp³-hybridized carbons (Fsp3) is 0.375. The van der Waals surface area contributed by atoms with Gasteiger partial charge in [0.1, 0.15) is 0 Å². The number of aryl methyl sites for hydroxylation is 1. The summed E-state index contributed by atoms with van der Waals surface area (Å²) in [5, 5.41) is 3.53. The topological polar surface area (TPSA) is 30.5 Å². The predicted octanol–water partition coefficient (Wildman–Crippen LogP) is 4.24. The van der Waals surface area contributed by atoms with E-state index in [1.807, 2.05) is 12.1 Å². The number of hydrogen-bond donors (Lipinski definition) is 1. The van der Waals surface area contributed by atoms with Crippen LogP contribution < -0.4 is 14.8 Å². The van der Waals surface area contributed by atoms with E-state index in [2.05, 4.69) is 30.4 Å². The zero-order chi connectivity index (χ0) is 14.7. The van der Waals surface area contributed by atoms with E-state index in [0.29, 0.717) is 12.8 Å². The van der Waals surface area contributed by atoms with Crippen molar-refractivity contribution in [1.82, 2.24) is 5.32 Å². The summed E-state index contributed by atoms with van der Waals surface area (Å²) in [7, 11) is 0. The van der Waals surface area contributed by atoms with E-state index < -0.39 is 0 Å². The monoisotopic (exact) mass is 323 g/mol. The van der Waals surface area contributed by atoms with Gasteiger partial charge in [-0.2, -0.15) is 0 Å². The molecule has 2 aromatic rings. The summed E-state index contributed by atoms with van der Waals surface area (Å²) in [4.78, 5) is 1.27. The average Bonchev–Trinajstić information content (AvgIpc) is 3.10. The van der Waals surface area contributed by atoms with Gasteiger partial charge in [-0.05, 0) is 49.6 Å². The summed E-state index contributed by atoms with van der Waals surface area (Å²) in [6, 6.07) is 10.7. The Bertz CT molecular complexity index is 614. The van der Waals surface area contributed by atoms with Gasteiger partial charge in [0.05, 0.1) is 4.34 Å². The third kappa shape index (κ3) is 3.90. The minimum atomic E-state index is 0.333. The minimum Gasteiger partial charge on any atom is -0.454 e. The highest BCUT2D eigenvalue weighted by Gasteiger charge is 2.13. The summed E-state index contributed by atoms with van der Waals surface area (Å²) in [5.41, 5.74) is 1.28. The second-order valence-corrected chi connectivity index (χ2v) is 7.01. The molecule has 5 heteroatoms. The molecule has 0 radical (unpaired) electrons. The van der Waals surface area contributed by atoms with Crippen LogP contribution in [0.4, 0.5) is 0 Å². The molecule has 0 spiro atoms. The van der Waals surface area contributed by atoms with Crippen molar-refractivity contribution in [3.63, 3.8) is 0 Å². The lowest BCUT2D eigenvalue weighted by Crippen LogP contribution is -2.25. The second-order valence-electron chi connectivity index (χ2n) is 5.21. The van der Waals surface area contributed by atoms with E-state index in [1.54, 1.807) is 11.3 Å². The lowest BCUT2D eigenvalue weighted by molar-refractivity contribution is 0.174. The number of thiophene rings is 1. The van der Waals surface area contributed by atoms with Crippen molar-refractivity contribution >= 4 is 22.9 Å². The summed E-state index contributed by atoms with van der Waals surface area (Å²) in [5.74, 6) is 1.71. The first-order chi connectivity index (χ1) is 10.2. The van der Waals surface area contributed by atoms with Crippen LogP contribution in [-0.4, -0.2) is 12.8 Å². The van der Waals surface area contributed by atoms with Crippen LogP contribution in [0.25, 0.3) is 0 Å². The maximum atomic E-state index is 5.93. The van der Waals surface area contributed by atoms with E-state index in [4.69, 9.17) is 21.1 Å². The van der Waals surface area contributed by atoms with Crippen molar-refractivity contribution in [2.75, 3.05) is 6.79 Å². The lowest BCUT2D eigenvalue weighted by atomic mass is 10.1. The summed E-state index contributed by atoms with van der Waals surface area (Å²) in [6.45, 7) is 3.42. The quantitative estimate of drug-likeness (QED) is 0.862. The average molecular weight is 324 g/mol. The Kier molecular flexibility index (Phi) is 4.68. The number of halogens is 1. The van der Waals surface area contributed by atoms with Gasteiger partial charge in [-0.25, -0.2) is 0 Å². The van der Waals surface area contributed by atoms with E-state index in [9.17, 15) is 0 Å². The Hall–Kier alpha value is -1.23. The standard InChI is InChI=1S/C16H18ClNO2S/c1-11(18-9-13-5-7-16(17)21-13)2-3-12-4-6-14-15(8-12)20-10-19-14/h4-8,11,18H,2-3,9-10H2,1H3. The summed E-state index contributed by atoms with van der Waals surface area (Å²) < 4.78 is 11.6. The van der Waals surface area contributed by atoms with Gasteiger partial charge in [-0.15, -0.1) is 11.3 Å². The number of ether oxygens (including phenoxy) is 2. The van der Waals surface area contributed by atoms with Gasteiger partial charge in [0.25, 0.3) is 0 Å². The first-order valence-electron chi connectivity index (χ1n) is 7.07. The van der Waals surface area contributed by atoms with Gasteiger partial charge < -0.3 is 14.8 Å². The molecular weight excluding hydrogens is 306 g/mol. The van der Waals surface area contributed by atoms with Crippen LogP contribution in [0.5, 0.6) is 11.5 Å². The van der Waals surface area contributed by atoms with Crippen molar-refractivity contribution in [1.29, 1.82) is 0 Å². The first-order valence-corrected chi connectivity index (χ1v) is 8.26. The molecule has 1 aliphatic rings. The molecule has 3 rings (SSSR count). The Balaban J connectivity index is 1.46. The molecule has 1 aromatic carbocycles. The third-order valence-corrected chi connectivity index (χ3v) is 4.79.